The summed E-state index contributed by atoms with van der Waals surface area (Å²) in [6, 6.07) is 4.56. The Labute approximate surface area is 120 Å². The van der Waals surface area contributed by atoms with Crippen molar-refractivity contribution < 1.29 is 4.39 Å². The molecule has 1 heterocycles. The van der Waals surface area contributed by atoms with E-state index in [1.807, 2.05) is 0 Å². The summed E-state index contributed by atoms with van der Waals surface area (Å²) in [5.41, 5.74) is 7.46. The fourth-order valence-corrected chi connectivity index (χ4v) is 3.17. The normalized spacial score (nSPS) is 18.4. The van der Waals surface area contributed by atoms with Gasteiger partial charge >= 0.3 is 0 Å². The van der Waals surface area contributed by atoms with Crippen LogP contribution >= 0.6 is 0 Å². The number of benzene rings is 1. The van der Waals surface area contributed by atoms with Crippen LogP contribution in [0.25, 0.3) is 0 Å². The molecule has 0 atom stereocenters. The average molecular weight is 277 g/mol. The summed E-state index contributed by atoms with van der Waals surface area (Å²) in [4.78, 5) is 2.40. The monoisotopic (exact) mass is 277 g/mol. The van der Waals surface area contributed by atoms with E-state index in [1.54, 1.807) is 6.07 Å². The van der Waals surface area contributed by atoms with E-state index in [1.165, 1.54) is 31.4 Å². The van der Waals surface area contributed by atoms with Gasteiger partial charge in [-0.15, -0.1) is 0 Å². The van der Waals surface area contributed by atoms with E-state index < -0.39 is 0 Å². The topological polar surface area (TPSA) is 53.1 Å². The number of likely N-dealkylation sites (tertiary alicyclic amines) is 1. The zero-order valence-electron chi connectivity index (χ0n) is 12.4. The molecule has 4 heteroatoms. The fourth-order valence-electron chi connectivity index (χ4n) is 3.17. The minimum absolute atomic E-state index is 0.0593. The molecule has 3 nitrogen and oxygen atoms in total. The molecule has 1 fully saturated rings. The van der Waals surface area contributed by atoms with Gasteiger partial charge in [-0.05, 0) is 48.9 Å². The number of halogens is 1. The number of hydrogen-bond donors (Lipinski definition) is 2. The van der Waals surface area contributed by atoms with Gasteiger partial charge in [0.25, 0.3) is 0 Å². The lowest BCUT2D eigenvalue weighted by Crippen LogP contribution is -2.27. The third-order valence-corrected chi connectivity index (χ3v) is 4.77. The molecule has 0 spiro atoms. The lowest BCUT2D eigenvalue weighted by molar-refractivity contribution is 0.236. The maximum atomic E-state index is 13.3. The zero-order valence-corrected chi connectivity index (χ0v) is 12.4. The second-order valence-corrected chi connectivity index (χ2v) is 5.88. The summed E-state index contributed by atoms with van der Waals surface area (Å²) in [7, 11) is 0. The highest BCUT2D eigenvalue weighted by Gasteiger charge is 2.34. The molecule has 1 aromatic rings. The molecule has 0 radical (unpaired) electrons. The Hall–Kier alpha value is -1.42. The van der Waals surface area contributed by atoms with Crippen LogP contribution in [0.3, 0.4) is 0 Å². The predicted molar refractivity (Wildman–Crippen MR) is 80.3 cm³/mol. The molecule has 0 aliphatic carbocycles. The third-order valence-electron chi connectivity index (χ3n) is 4.77. The SMILES string of the molecule is CCC1(CC)CCN(Cc2ccc(F)cc2C(=N)N)C1. The van der Waals surface area contributed by atoms with Crippen LogP contribution in [0.2, 0.25) is 0 Å². The van der Waals surface area contributed by atoms with Crippen molar-refractivity contribution in [2.24, 2.45) is 11.1 Å². The van der Waals surface area contributed by atoms with Gasteiger partial charge in [0.15, 0.2) is 0 Å². The molecule has 0 bridgehead atoms. The van der Waals surface area contributed by atoms with Gasteiger partial charge in [0.05, 0.1) is 0 Å². The molecule has 2 rings (SSSR count). The molecule has 1 aliphatic rings. The van der Waals surface area contributed by atoms with Crippen LogP contribution in [-0.4, -0.2) is 23.8 Å². The second kappa shape index (κ2) is 5.92. The van der Waals surface area contributed by atoms with E-state index in [9.17, 15) is 4.39 Å². The van der Waals surface area contributed by atoms with E-state index in [0.29, 0.717) is 11.0 Å². The maximum Gasteiger partial charge on any atom is 0.123 e. The fraction of sp³-hybridized carbons (Fsp3) is 0.562. The third kappa shape index (κ3) is 3.01. The zero-order chi connectivity index (χ0) is 14.8. The molecule has 0 unspecified atom stereocenters. The van der Waals surface area contributed by atoms with E-state index in [0.717, 1.165) is 25.2 Å². The minimum atomic E-state index is -0.336. The predicted octanol–water partition coefficient (Wildman–Crippen LogP) is 3.12. The van der Waals surface area contributed by atoms with E-state index in [2.05, 4.69) is 18.7 Å². The Balaban J connectivity index is 2.14. The number of rotatable bonds is 5. The van der Waals surface area contributed by atoms with Crippen LogP contribution < -0.4 is 5.73 Å². The van der Waals surface area contributed by atoms with Crippen molar-refractivity contribution in [3.05, 3.63) is 35.1 Å². The minimum Gasteiger partial charge on any atom is -0.384 e. The van der Waals surface area contributed by atoms with E-state index in [4.69, 9.17) is 11.1 Å². The van der Waals surface area contributed by atoms with Gasteiger partial charge < -0.3 is 5.73 Å². The maximum absolute atomic E-state index is 13.3. The lowest BCUT2D eigenvalue weighted by Gasteiger charge is -2.26. The quantitative estimate of drug-likeness (QED) is 0.642. The molecule has 1 aliphatic heterocycles. The van der Waals surface area contributed by atoms with Crippen LogP contribution in [0.4, 0.5) is 4.39 Å². The van der Waals surface area contributed by atoms with Crippen molar-refractivity contribution in [3.63, 3.8) is 0 Å². The lowest BCUT2D eigenvalue weighted by atomic mass is 9.82. The van der Waals surface area contributed by atoms with Gasteiger partial charge in [0.2, 0.25) is 0 Å². The van der Waals surface area contributed by atoms with Gasteiger partial charge in [0, 0.05) is 18.7 Å². The van der Waals surface area contributed by atoms with Crippen molar-refractivity contribution in [3.8, 4) is 0 Å². The summed E-state index contributed by atoms with van der Waals surface area (Å²) < 4.78 is 13.3. The number of nitrogens with one attached hydrogen (secondary N) is 1. The Morgan fingerprint density at radius 3 is 2.65 bits per heavy atom. The highest BCUT2D eigenvalue weighted by molar-refractivity contribution is 5.96. The van der Waals surface area contributed by atoms with Crippen LogP contribution in [-0.2, 0) is 6.54 Å². The van der Waals surface area contributed by atoms with Crippen LogP contribution in [0.1, 0.15) is 44.2 Å². The average Bonchev–Trinajstić information content (AvgIpc) is 2.84. The van der Waals surface area contributed by atoms with Gasteiger partial charge in [-0.1, -0.05) is 19.9 Å². The molecule has 110 valence electrons. The van der Waals surface area contributed by atoms with Gasteiger partial charge in [-0.25, -0.2) is 4.39 Å². The standard InChI is InChI=1S/C16H24FN3/c1-3-16(4-2)7-8-20(11-16)10-12-5-6-13(17)9-14(12)15(18)19/h5-6,9H,3-4,7-8,10-11H2,1-2H3,(H3,18,19). The molecule has 20 heavy (non-hydrogen) atoms. The Bertz CT molecular complexity index is 494. The summed E-state index contributed by atoms with van der Waals surface area (Å²) in [5, 5.41) is 7.59. The molecule has 0 amide bonds. The Kier molecular flexibility index (Phi) is 4.43. The number of nitrogens with zero attached hydrogens (tertiary/aromatic N) is 1. The molecule has 1 saturated heterocycles. The molecule has 1 aromatic carbocycles. The molecule has 0 aromatic heterocycles. The highest BCUT2D eigenvalue weighted by Crippen LogP contribution is 2.37. The summed E-state index contributed by atoms with van der Waals surface area (Å²) >= 11 is 0. The van der Waals surface area contributed by atoms with Crippen molar-refractivity contribution in [2.75, 3.05) is 13.1 Å². The first-order valence-corrected chi connectivity index (χ1v) is 7.35. The van der Waals surface area contributed by atoms with Crippen LogP contribution in [0.5, 0.6) is 0 Å². The molecule has 0 saturated carbocycles. The number of nitrogens with two attached hydrogens (primary N) is 1. The largest absolute Gasteiger partial charge is 0.384 e. The Morgan fingerprint density at radius 2 is 2.10 bits per heavy atom. The number of nitrogen functional groups attached to an aromatic ring is 1. The van der Waals surface area contributed by atoms with Crippen molar-refractivity contribution in [2.45, 2.75) is 39.7 Å². The Morgan fingerprint density at radius 1 is 1.40 bits per heavy atom. The van der Waals surface area contributed by atoms with Gasteiger partial charge in [-0.3, -0.25) is 10.3 Å². The first-order valence-electron chi connectivity index (χ1n) is 7.35. The number of hydrogen-bond acceptors (Lipinski definition) is 2. The summed E-state index contributed by atoms with van der Waals surface area (Å²) in [5.74, 6) is -0.396. The number of amidine groups is 1. The van der Waals surface area contributed by atoms with Gasteiger partial charge in [-0.2, -0.15) is 0 Å². The second-order valence-electron chi connectivity index (χ2n) is 5.88. The van der Waals surface area contributed by atoms with Crippen molar-refractivity contribution in [1.29, 1.82) is 5.41 Å². The summed E-state index contributed by atoms with van der Waals surface area (Å²) in [6.07, 6.45) is 3.61. The first kappa shape index (κ1) is 15.0. The van der Waals surface area contributed by atoms with Crippen molar-refractivity contribution in [1.82, 2.24) is 4.90 Å². The van der Waals surface area contributed by atoms with Crippen molar-refractivity contribution >= 4 is 5.84 Å². The summed E-state index contributed by atoms with van der Waals surface area (Å²) in [6.45, 7) is 7.40. The molecular weight excluding hydrogens is 253 g/mol. The smallest absolute Gasteiger partial charge is 0.123 e. The van der Waals surface area contributed by atoms with E-state index >= 15 is 0 Å². The van der Waals surface area contributed by atoms with E-state index in [-0.39, 0.29) is 11.7 Å². The molecular formula is C16H24FN3. The van der Waals surface area contributed by atoms with Crippen LogP contribution in [0, 0.1) is 16.6 Å². The highest BCUT2D eigenvalue weighted by atomic mass is 19.1. The molecule has 3 N–H and O–H groups in total. The van der Waals surface area contributed by atoms with Crippen LogP contribution in [0.15, 0.2) is 18.2 Å². The first-order chi connectivity index (χ1) is 9.49. The van der Waals surface area contributed by atoms with Gasteiger partial charge in [0.1, 0.15) is 11.7 Å².